The minimum absolute atomic E-state index is 0.0501. The van der Waals surface area contributed by atoms with Gasteiger partial charge in [0.05, 0.1) is 23.0 Å². The van der Waals surface area contributed by atoms with Gasteiger partial charge in [-0.25, -0.2) is 21.6 Å². The van der Waals surface area contributed by atoms with Crippen molar-refractivity contribution in [1.82, 2.24) is 13.9 Å². The fraction of sp³-hybridized carbons (Fsp3) is 0.667. The van der Waals surface area contributed by atoms with E-state index in [2.05, 4.69) is 37.3 Å². The lowest BCUT2D eigenvalue weighted by molar-refractivity contribution is 0.0730. The molecule has 0 amide bonds. The third-order valence-corrected chi connectivity index (χ3v) is 8.12. The van der Waals surface area contributed by atoms with Crippen LogP contribution in [-0.2, 0) is 24.8 Å². The first-order chi connectivity index (χ1) is 13.1. The summed E-state index contributed by atoms with van der Waals surface area (Å²) in [5.74, 6) is 0. The zero-order chi connectivity index (χ0) is 20.9. The Morgan fingerprint density at radius 2 is 1.46 bits per heavy atom. The van der Waals surface area contributed by atoms with Gasteiger partial charge >= 0.3 is 0 Å². The van der Waals surface area contributed by atoms with E-state index < -0.39 is 20.0 Å². The summed E-state index contributed by atoms with van der Waals surface area (Å²) in [5.41, 5.74) is 0. The van der Waals surface area contributed by atoms with Crippen molar-refractivity contribution in [1.29, 1.82) is 0 Å². The SMILES string of the molecule is CC(C)N(CCNS(=O)(=O)c1ccc(S(=O)(=O)N2CCOCC2)cc1)C(C)C. The van der Waals surface area contributed by atoms with Gasteiger partial charge in [-0.05, 0) is 52.0 Å². The number of benzene rings is 1. The van der Waals surface area contributed by atoms with Crippen molar-refractivity contribution in [3.8, 4) is 0 Å². The van der Waals surface area contributed by atoms with Crippen LogP contribution in [0.5, 0.6) is 0 Å². The van der Waals surface area contributed by atoms with Crippen molar-refractivity contribution >= 4 is 20.0 Å². The summed E-state index contributed by atoms with van der Waals surface area (Å²) in [6, 6.07) is 5.97. The molecule has 28 heavy (non-hydrogen) atoms. The van der Waals surface area contributed by atoms with Crippen LogP contribution in [0.2, 0.25) is 0 Å². The van der Waals surface area contributed by atoms with Gasteiger partial charge < -0.3 is 4.74 Å². The standard InChI is InChI=1S/C18H31N3O5S2/c1-15(2)21(16(3)4)10-9-19-27(22,23)17-5-7-18(8-6-17)28(24,25)20-11-13-26-14-12-20/h5-8,15-16,19H,9-14H2,1-4H3. The summed E-state index contributed by atoms with van der Waals surface area (Å²) in [5, 5.41) is 0. The fourth-order valence-electron chi connectivity index (χ4n) is 3.23. The largest absolute Gasteiger partial charge is 0.379 e. The van der Waals surface area contributed by atoms with E-state index in [1.54, 1.807) is 0 Å². The van der Waals surface area contributed by atoms with Crippen LogP contribution >= 0.6 is 0 Å². The molecule has 1 aliphatic rings. The Kier molecular flexibility index (Phi) is 8.00. The zero-order valence-electron chi connectivity index (χ0n) is 17.0. The first-order valence-corrected chi connectivity index (χ1v) is 12.4. The van der Waals surface area contributed by atoms with Gasteiger partial charge in [0.25, 0.3) is 0 Å². The van der Waals surface area contributed by atoms with Crippen LogP contribution in [0.25, 0.3) is 0 Å². The highest BCUT2D eigenvalue weighted by Crippen LogP contribution is 2.19. The van der Waals surface area contributed by atoms with Gasteiger partial charge in [-0.3, -0.25) is 4.90 Å². The van der Waals surface area contributed by atoms with Gasteiger partial charge in [0.1, 0.15) is 0 Å². The Morgan fingerprint density at radius 3 is 1.96 bits per heavy atom. The average Bonchev–Trinajstić information content (AvgIpc) is 2.65. The average molecular weight is 434 g/mol. The van der Waals surface area contributed by atoms with Crippen LogP contribution in [0.4, 0.5) is 0 Å². The minimum atomic E-state index is -3.70. The number of morpholine rings is 1. The van der Waals surface area contributed by atoms with Crippen LogP contribution in [0, 0.1) is 0 Å². The number of sulfonamides is 2. The number of hydrogen-bond acceptors (Lipinski definition) is 6. The molecule has 0 radical (unpaired) electrons. The van der Waals surface area contributed by atoms with Gasteiger partial charge in [-0.2, -0.15) is 4.31 Å². The molecule has 1 heterocycles. The number of nitrogens with one attached hydrogen (secondary N) is 1. The Bertz CT molecular complexity index is 822. The molecule has 1 N–H and O–H groups in total. The molecule has 1 aromatic carbocycles. The number of ether oxygens (including phenoxy) is 1. The van der Waals surface area contributed by atoms with Crippen molar-refractivity contribution in [3.05, 3.63) is 24.3 Å². The van der Waals surface area contributed by atoms with Crippen molar-refractivity contribution in [2.24, 2.45) is 0 Å². The molecule has 1 fully saturated rings. The fourth-order valence-corrected chi connectivity index (χ4v) is 5.66. The molecular weight excluding hydrogens is 402 g/mol. The smallest absolute Gasteiger partial charge is 0.243 e. The van der Waals surface area contributed by atoms with E-state index in [0.717, 1.165) is 0 Å². The van der Waals surface area contributed by atoms with Crippen LogP contribution in [0.3, 0.4) is 0 Å². The molecule has 160 valence electrons. The zero-order valence-corrected chi connectivity index (χ0v) is 18.6. The van der Waals surface area contributed by atoms with Crippen molar-refractivity contribution in [2.75, 3.05) is 39.4 Å². The van der Waals surface area contributed by atoms with Gasteiger partial charge in [-0.1, -0.05) is 0 Å². The summed E-state index contributed by atoms with van der Waals surface area (Å²) >= 11 is 0. The summed E-state index contributed by atoms with van der Waals surface area (Å²) in [4.78, 5) is 2.33. The maximum Gasteiger partial charge on any atom is 0.243 e. The van der Waals surface area contributed by atoms with E-state index in [-0.39, 0.29) is 16.3 Å². The third kappa shape index (κ3) is 5.74. The van der Waals surface area contributed by atoms with Crippen LogP contribution in [0.15, 0.2) is 34.1 Å². The van der Waals surface area contributed by atoms with E-state index >= 15 is 0 Å². The highest BCUT2D eigenvalue weighted by molar-refractivity contribution is 7.89. The predicted octanol–water partition coefficient (Wildman–Crippen LogP) is 1.10. The third-order valence-electron chi connectivity index (χ3n) is 4.73. The maximum atomic E-state index is 12.6. The molecule has 1 aliphatic heterocycles. The second-order valence-electron chi connectivity index (χ2n) is 7.31. The molecule has 2 rings (SSSR count). The predicted molar refractivity (Wildman–Crippen MR) is 108 cm³/mol. The monoisotopic (exact) mass is 433 g/mol. The number of nitrogens with zero attached hydrogens (tertiary/aromatic N) is 2. The summed E-state index contributed by atoms with van der Waals surface area (Å²) in [7, 11) is -7.34. The lowest BCUT2D eigenvalue weighted by atomic mass is 10.2. The molecule has 0 spiro atoms. The molecule has 0 bridgehead atoms. The first kappa shape index (κ1) is 23.2. The summed E-state index contributed by atoms with van der Waals surface area (Å²) in [6.45, 7) is 10.5. The van der Waals surface area contributed by atoms with Gasteiger partial charge in [0.15, 0.2) is 0 Å². The van der Waals surface area contributed by atoms with Gasteiger partial charge in [-0.15, -0.1) is 0 Å². The van der Waals surface area contributed by atoms with E-state index in [0.29, 0.717) is 44.9 Å². The number of rotatable bonds is 9. The van der Waals surface area contributed by atoms with E-state index in [9.17, 15) is 16.8 Å². The lowest BCUT2D eigenvalue weighted by Crippen LogP contribution is -2.42. The van der Waals surface area contributed by atoms with E-state index in [1.165, 1.54) is 28.6 Å². The summed E-state index contributed by atoms with van der Waals surface area (Å²) < 4.78 is 59.4. The van der Waals surface area contributed by atoms with Gasteiger partial charge in [0, 0.05) is 38.3 Å². The quantitative estimate of drug-likeness (QED) is 0.627. The highest BCUT2D eigenvalue weighted by Gasteiger charge is 2.27. The van der Waals surface area contributed by atoms with Crippen LogP contribution in [-0.4, -0.2) is 77.5 Å². The van der Waals surface area contributed by atoms with Crippen molar-refractivity contribution in [3.63, 3.8) is 0 Å². The lowest BCUT2D eigenvalue weighted by Gasteiger charge is -2.30. The first-order valence-electron chi connectivity index (χ1n) is 9.49. The Labute approximate surface area is 169 Å². The topological polar surface area (TPSA) is 96.0 Å². The molecule has 0 saturated carbocycles. The van der Waals surface area contributed by atoms with E-state index in [4.69, 9.17) is 4.74 Å². The highest BCUT2D eigenvalue weighted by atomic mass is 32.2. The maximum absolute atomic E-state index is 12.6. The Morgan fingerprint density at radius 1 is 0.964 bits per heavy atom. The molecule has 10 heteroatoms. The normalized spacial score (nSPS) is 17.0. The van der Waals surface area contributed by atoms with Crippen molar-refractivity contribution < 1.29 is 21.6 Å². The number of hydrogen-bond donors (Lipinski definition) is 1. The summed E-state index contributed by atoms with van der Waals surface area (Å²) in [6.07, 6.45) is 0. The second kappa shape index (κ2) is 9.64. The molecule has 1 aromatic rings. The molecule has 1 saturated heterocycles. The molecule has 0 aliphatic carbocycles. The second-order valence-corrected chi connectivity index (χ2v) is 11.0. The van der Waals surface area contributed by atoms with Crippen LogP contribution < -0.4 is 4.72 Å². The van der Waals surface area contributed by atoms with Crippen LogP contribution in [0.1, 0.15) is 27.7 Å². The molecular formula is C18H31N3O5S2. The van der Waals surface area contributed by atoms with Gasteiger partial charge in [0.2, 0.25) is 20.0 Å². The van der Waals surface area contributed by atoms with Crippen molar-refractivity contribution in [2.45, 2.75) is 49.6 Å². The minimum Gasteiger partial charge on any atom is -0.379 e. The molecule has 8 nitrogen and oxygen atoms in total. The molecule has 0 unspecified atom stereocenters. The Hall–Kier alpha value is -1.04. The molecule has 0 aromatic heterocycles. The van der Waals surface area contributed by atoms with E-state index in [1.807, 2.05) is 0 Å². The molecule has 0 atom stereocenters. The Balaban J connectivity index is 2.05.